The minimum atomic E-state index is -0.0834. The molecule has 3 rings (SSSR count). The summed E-state index contributed by atoms with van der Waals surface area (Å²) >= 11 is 3.78. The van der Waals surface area contributed by atoms with Crippen molar-refractivity contribution in [2.45, 2.75) is 12.8 Å². The molecule has 0 saturated carbocycles. The van der Waals surface area contributed by atoms with Crippen molar-refractivity contribution in [1.29, 1.82) is 0 Å². The van der Waals surface area contributed by atoms with E-state index < -0.39 is 0 Å². The van der Waals surface area contributed by atoms with Crippen LogP contribution in [0.2, 0.25) is 0 Å². The predicted octanol–water partition coefficient (Wildman–Crippen LogP) is 3.60. The van der Waals surface area contributed by atoms with Gasteiger partial charge in [0.1, 0.15) is 5.82 Å². The number of rotatable bonds is 3. The van der Waals surface area contributed by atoms with E-state index in [1.165, 1.54) is 12.8 Å². The standard InChI is InChI=1S/C14H14IN3OS/c15-12-7-10(9-20-12)14(19)17-11-3-4-13(16-8-11)18-5-1-2-6-18/h3-4,7-9H,1-2,5-6H2,(H,17,19). The molecule has 1 aliphatic rings. The predicted molar refractivity (Wildman–Crippen MR) is 90.7 cm³/mol. The third-order valence-electron chi connectivity index (χ3n) is 3.27. The smallest absolute Gasteiger partial charge is 0.256 e. The molecule has 1 N–H and O–H groups in total. The second-order valence-electron chi connectivity index (χ2n) is 4.69. The van der Waals surface area contributed by atoms with Crippen LogP contribution >= 0.6 is 33.9 Å². The highest BCUT2D eigenvalue weighted by molar-refractivity contribution is 14.1. The molecule has 0 radical (unpaired) electrons. The highest BCUT2D eigenvalue weighted by atomic mass is 127. The van der Waals surface area contributed by atoms with Crippen molar-refractivity contribution in [3.63, 3.8) is 0 Å². The summed E-state index contributed by atoms with van der Waals surface area (Å²) in [5.41, 5.74) is 1.43. The number of pyridine rings is 1. The zero-order chi connectivity index (χ0) is 13.9. The van der Waals surface area contributed by atoms with Crippen molar-refractivity contribution in [3.8, 4) is 0 Å². The first-order chi connectivity index (χ1) is 9.72. The fourth-order valence-corrected chi connectivity index (χ4v) is 3.55. The fraction of sp³-hybridized carbons (Fsp3) is 0.286. The van der Waals surface area contributed by atoms with Crippen LogP contribution in [0.25, 0.3) is 0 Å². The van der Waals surface area contributed by atoms with Crippen LogP contribution in [0.4, 0.5) is 11.5 Å². The molecule has 0 aliphatic carbocycles. The second-order valence-corrected chi connectivity index (χ2v) is 7.50. The van der Waals surface area contributed by atoms with Crippen LogP contribution < -0.4 is 10.2 Å². The number of halogens is 1. The van der Waals surface area contributed by atoms with Crippen molar-refractivity contribution >= 4 is 51.3 Å². The Labute approximate surface area is 135 Å². The Morgan fingerprint density at radius 2 is 2.15 bits per heavy atom. The Bertz CT molecular complexity index is 605. The summed E-state index contributed by atoms with van der Waals surface area (Å²) in [4.78, 5) is 18.7. The molecule has 1 amide bonds. The molecule has 0 aromatic carbocycles. The summed E-state index contributed by atoms with van der Waals surface area (Å²) in [5, 5.41) is 4.74. The van der Waals surface area contributed by atoms with E-state index in [9.17, 15) is 4.79 Å². The summed E-state index contributed by atoms with van der Waals surface area (Å²) in [5.74, 6) is 0.908. The van der Waals surface area contributed by atoms with Gasteiger partial charge in [0.2, 0.25) is 0 Å². The Balaban J connectivity index is 1.67. The van der Waals surface area contributed by atoms with Gasteiger partial charge < -0.3 is 10.2 Å². The number of nitrogens with one attached hydrogen (secondary N) is 1. The van der Waals surface area contributed by atoms with Crippen LogP contribution in [-0.4, -0.2) is 24.0 Å². The number of thiophene rings is 1. The molecule has 0 spiro atoms. The summed E-state index contributed by atoms with van der Waals surface area (Å²) in [6, 6.07) is 5.76. The number of hydrogen-bond donors (Lipinski definition) is 1. The molecule has 4 nitrogen and oxygen atoms in total. The molecule has 1 saturated heterocycles. The molecular formula is C14H14IN3OS. The van der Waals surface area contributed by atoms with Crippen LogP contribution in [0, 0.1) is 2.88 Å². The number of nitrogens with zero attached hydrogens (tertiary/aromatic N) is 2. The fourth-order valence-electron chi connectivity index (χ4n) is 2.23. The molecule has 0 unspecified atom stereocenters. The zero-order valence-corrected chi connectivity index (χ0v) is 13.8. The number of carbonyl (C=O) groups is 1. The molecule has 2 aromatic rings. The lowest BCUT2D eigenvalue weighted by Gasteiger charge is -2.16. The highest BCUT2D eigenvalue weighted by Gasteiger charge is 2.13. The molecule has 0 bridgehead atoms. The van der Waals surface area contributed by atoms with Gasteiger partial charge in [-0.1, -0.05) is 0 Å². The molecule has 1 fully saturated rings. The van der Waals surface area contributed by atoms with E-state index in [1.54, 1.807) is 17.5 Å². The monoisotopic (exact) mass is 399 g/mol. The quantitative estimate of drug-likeness (QED) is 0.803. The van der Waals surface area contributed by atoms with Gasteiger partial charge in [-0.2, -0.15) is 0 Å². The normalized spacial score (nSPS) is 14.6. The van der Waals surface area contributed by atoms with Gasteiger partial charge in [0.15, 0.2) is 0 Å². The van der Waals surface area contributed by atoms with Crippen LogP contribution in [0.1, 0.15) is 23.2 Å². The van der Waals surface area contributed by atoms with Crippen molar-refractivity contribution in [1.82, 2.24) is 4.98 Å². The topological polar surface area (TPSA) is 45.2 Å². The minimum absolute atomic E-state index is 0.0834. The lowest BCUT2D eigenvalue weighted by molar-refractivity contribution is 0.102. The third kappa shape index (κ3) is 3.12. The number of amides is 1. The average Bonchev–Trinajstić information content (AvgIpc) is 3.10. The van der Waals surface area contributed by atoms with Crippen molar-refractivity contribution in [3.05, 3.63) is 38.2 Å². The molecule has 104 valence electrons. The first-order valence-electron chi connectivity index (χ1n) is 6.49. The van der Waals surface area contributed by atoms with E-state index in [4.69, 9.17) is 0 Å². The van der Waals surface area contributed by atoms with Gasteiger partial charge in [0.05, 0.1) is 20.3 Å². The van der Waals surface area contributed by atoms with Gasteiger partial charge in [-0.25, -0.2) is 4.98 Å². The summed E-state index contributed by atoms with van der Waals surface area (Å²) in [6.07, 6.45) is 4.19. The maximum absolute atomic E-state index is 12.0. The SMILES string of the molecule is O=C(Nc1ccc(N2CCCC2)nc1)c1csc(I)c1. The summed E-state index contributed by atoms with van der Waals surface area (Å²) in [6.45, 7) is 2.15. The number of aromatic nitrogens is 1. The molecule has 20 heavy (non-hydrogen) atoms. The van der Waals surface area contributed by atoms with Crippen LogP contribution in [0.15, 0.2) is 29.8 Å². The van der Waals surface area contributed by atoms with Crippen molar-refractivity contribution in [2.24, 2.45) is 0 Å². The third-order valence-corrected chi connectivity index (χ3v) is 5.05. The lowest BCUT2D eigenvalue weighted by atomic mass is 10.3. The second kappa shape index (κ2) is 6.09. The highest BCUT2D eigenvalue weighted by Crippen LogP contribution is 2.20. The summed E-state index contributed by atoms with van der Waals surface area (Å²) in [7, 11) is 0. The van der Waals surface area contributed by atoms with E-state index in [0.29, 0.717) is 5.56 Å². The maximum Gasteiger partial charge on any atom is 0.256 e. The van der Waals surface area contributed by atoms with Gasteiger partial charge in [-0.05, 0) is 53.6 Å². The minimum Gasteiger partial charge on any atom is -0.357 e. The Morgan fingerprint density at radius 3 is 2.75 bits per heavy atom. The van der Waals surface area contributed by atoms with Gasteiger partial charge in [0, 0.05) is 18.5 Å². The van der Waals surface area contributed by atoms with Gasteiger partial charge in [-0.3, -0.25) is 4.79 Å². The molecule has 0 atom stereocenters. The molecule has 3 heterocycles. The largest absolute Gasteiger partial charge is 0.357 e. The summed E-state index contributed by atoms with van der Waals surface area (Å²) < 4.78 is 1.11. The molecule has 2 aromatic heterocycles. The Kier molecular flexibility index (Phi) is 4.21. The zero-order valence-electron chi connectivity index (χ0n) is 10.8. The Morgan fingerprint density at radius 1 is 1.35 bits per heavy atom. The maximum atomic E-state index is 12.0. The first kappa shape index (κ1) is 13.8. The van der Waals surface area contributed by atoms with Crippen LogP contribution in [-0.2, 0) is 0 Å². The van der Waals surface area contributed by atoms with E-state index in [1.807, 2.05) is 23.6 Å². The first-order valence-corrected chi connectivity index (χ1v) is 8.44. The van der Waals surface area contributed by atoms with Gasteiger partial charge in [-0.15, -0.1) is 11.3 Å². The lowest BCUT2D eigenvalue weighted by Crippen LogP contribution is -2.19. The molecule has 1 aliphatic heterocycles. The van der Waals surface area contributed by atoms with Crippen molar-refractivity contribution < 1.29 is 4.79 Å². The van der Waals surface area contributed by atoms with E-state index >= 15 is 0 Å². The van der Waals surface area contributed by atoms with E-state index in [0.717, 1.165) is 27.5 Å². The number of hydrogen-bond acceptors (Lipinski definition) is 4. The average molecular weight is 399 g/mol. The van der Waals surface area contributed by atoms with Gasteiger partial charge >= 0.3 is 0 Å². The van der Waals surface area contributed by atoms with Gasteiger partial charge in [0.25, 0.3) is 5.91 Å². The van der Waals surface area contributed by atoms with E-state index in [2.05, 4.69) is 37.8 Å². The molecule has 6 heteroatoms. The number of carbonyl (C=O) groups excluding carboxylic acids is 1. The van der Waals surface area contributed by atoms with Crippen LogP contribution in [0.5, 0.6) is 0 Å². The number of anilines is 2. The Hall–Kier alpha value is -1.15. The van der Waals surface area contributed by atoms with Crippen LogP contribution in [0.3, 0.4) is 0 Å². The van der Waals surface area contributed by atoms with E-state index in [-0.39, 0.29) is 5.91 Å². The molecular weight excluding hydrogens is 385 g/mol. The van der Waals surface area contributed by atoms with Crippen molar-refractivity contribution in [2.75, 3.05) is 23.3 Å².